The number of hydrogen-bond acceptors (Lipinski definition) is 4. The Hall–Kier alpha value is -2.27. The molecule has 3 rings (SSSR count). The van der Waals surface area contributed by atoms with E-state index in [1.807, 2.05) is 48.1 Å². The lowest BCUT2D eigenvalue weighted by Crippen LogP contribution is -2.06. The molecule has 0 amide bonds. The van der Waals surface area contributed by atoms with Gasteiger partial charge < -0.3 is 15.0 Å². The van der Waals surface area contributed by atoms with E-state index in [1.165, 1.54) is 0 Å². The predicted molar refractivity (Wildman–Crippen MR) is 81.3 cm³/mol. The molecule has 0 saturated carbocycles. The highest BCUT2D eigenvalue weighted by Crippen LogP contribution is 2.19. The Balaban J connectivity index is 1.90. The number of halogens is 1. The van der Waals surface area contributed by atoms with Gasteiger partial charge in [0, 0.05) is 31.0 Å². The van der Waals surface area contributed by atoms with E-state index in [0.29, 0.717) is 6.54 Å². The van der Waals surface area contributed by atoms with Crippen molar-refractivity contribution in [1.82, 2.24) is 14.4 Å². The van der Waals surface area contributed by atoms with Crippen molar-refractivity contribution in [3.8, 4) is 0 Å². The third kappa shape index (κ3) is 2.40. The molecule has 1 aromatic carbocycles. The van der Waals surface area contributed by atoms with Gasteiger partial charge in [0.15, 0.2) is 11.5 Å². The molecule has 0 saturated heterocycles. The first kappa shape index (κ1) is 12.7. The summed E-state index contributed by atoms with van der Waals surface area (Å²) in [6.07, 6.45) is 5.53. The predicted octanol–water partition coefficient (Wildman–Crippen LogP) is 3.04. The van der Waals surface area contributed by atoms with Crippen LogP contribution in [0.3, 0.4) is 0 Å². The average Bonchev–Trinajstić information content (AvgIpc) is 2.94. The van der Waals surface area contributed by atoms with Crippen molar-refractivity contribution in [3.05, 3.63) is 53.4 Å². The monoisotopic (exact) mass is 287 g/mol. The molecule has 0 spiro atoms. The van der Waals surface area contributed by atoms with Crippen LogP contribution in [0, 0.1) is 0 Å². The third-order valence-corrected chi connectivity index (χ3v) is 3.40. The second-order valence-electron chi connectivity index (χ2n) is 4.33. The van der Waals surface area contributed by atoms with Crippen LogP contribution in [0.15, 0.2) is 42.9 Å². The highest BCUT2D eigenvalue weighted by atomic mass is 35.5. The molecule has 0 aliphatic heterocycles. The van der Waals surface area contributed by atoms with Crippen LogP contribution in [-0.2, 0) is 6.54 Å². The number of imidazole rings is 1. The fraction of sp³-hybridized carbons (Fsp3) is 0.143. The van der Waals surface area contributed by atoms with Crippen molar-refractivity contribution in [2.45, 2.75) is 6.54 Å². The fourth-order valence-corrected chi connectivity index (χ4v) is 2.19. The highest BCUT2D eigenvalue weighted by Gasteiger charge is 2.07. The highest BCUT2D eigenvalue weighted by molar-refractivity contribution is 6.31. The van der Waals surface area contributed by atoms with Gasteiger partial charge in [0.1, 0.15) is 5.82 Å². The molecule has 2 N–H and O–H groups in total. The van der Waals surface area contributed by atoms with Gasteiger partial charge in [0.2, 0.25) is 0 Å². The number of hydrogen-bond donors (Lipinski definition) is 2. The number of benzene rings is 1. The maximum atomic E-state index is 6.15. The van der Waals surface area contributed by atoms with Crippen molar-refractivity contribution in [2.24, 2.45) is 0 Å². The Kier molecular flexibility index (Phi) is 3.43. The molecule has 0 aliphatic carbocycles. The van der Waals surface area contributed by atoms with Crippen LogP contribution in [0.25, 0.3) is 5.65 Å². The van der Waals surface area contributed by atoms with Gasteiger partial charge in [-0.05, 0) is 11.6 Å². The van der Waals surface area contributed by atoms with E-state index in [2.05, 4.69) is 20.6 Å². The summed E-state index contributed by atoms with van der Waals surface area (Å²) in [6, 6.07) is 7.74. The third-order valence-electron chi connectivity index (χ3n) is 3.03. The van der Waals surface area contributed by atoms with E-state index in [4.69, 9.17) is 11.6 Å². The normalized spacial score (nSPS) is 10.7. The van der Waals surface area contributed by atoms with E-state index < -0.39 is 0 Å². The molecule has 5 nitrogen and oxygen atoms in total. The van der Waals surface area contributed by atoms with Gasteiger partial charge in [-0.15, -0.1) is 0 Å². The van der Waals surface area contributed by atoms with Crippen molar-refractivity contribution < 1.29 is 0 Å². The van der Waals surface area contributed by atoms with Gasteiger partial charge >= 0.3 is 0 Å². The smallest absolute Gasteiger partial charge is 0.180 e. The van der Waals surface area contributed by atoms with Crippen LogP contribution >= 0.6 is 11.6 Å². The van der Waals surface area contributed by atoms with E-state index in [0.717, 1.165) is 27.9 Å². The Morgan fingerprint density at radius 1 is 1.30 bits per heavy atom. The average molecular weight is 288 g/mol. The minimum atomic E-state index is 0.600. The Morgan fingerprint density at radius 3 is 2.95 bits per heavy atom. The van der Waals surface area contributed by atoms with E-state index in [1.54, 1.807) is 6.20 Å². The maximum absolute atomic E-state index is 6.15. The van der Waals surface area contributed by atoms with Gasteiger partial charge in [-0.25, -0.2) is 9.97 Å². The zero-order valence-electron chi connectivity index (χ0n) is 11.0. The summed E-state index contributed by atoms with van der Waals surface area (Å²) in [6.45, 7) is 0.600. The van der Waals surface area contributed by atoms with Gasteiger partial charge in [-0.2, -0.15) is 0 Å². The SMILES string of the molecule is CNc1cn2ccnc2c(NCc2ccccc2Cl)n1. The molecular weight excluding hydrogens is 274 g/mol. The molecule has 0 aliphatic rings. The lowest BCUT2D eigenvalue weighted by molar-refractivity contribution is 1.07. The molecular formula is C14H14ClN5. The van der Waals surface area contributed by atoms with Crippen LogP contribution in [0.1, 0.15) is 5.56 Å². The largest absolute Gasteiger partial charge is 0.372 e. The number of anilines is 2. The van der Waals surface area contributed by atoms with Gasteiger partial charge in [-0.1, -0.05) is 29.8 Å². The fourth-order valence-electron chi connectivity index (χ4n) is 1.99. The minimum Gasteiger partial charge on any atom is -0.372 e. The first-order chi connectivity index (χ1) is 9.78. The van der Waals surface area contributed by atoms with E-state index in [9.17, 15) is 0 Å². The lowest BCUT2D eigenvalue weighted by atomic mass is 10.2. The summed E-state index contributed by atoms with van der Waals surface area (Å²) < 4.78 is 1.92. The van der Waals surface area contributed by atoms with Crippen LogP contribution < -0.4 is 10.6 Å². The molecule has 2 aromatic heterocycles. The Labute approximate surface area is 121 Å². The standard InChI is InChI=1S/C14H14ClN5/c1-16-12-9-20-7-6-17-14(20)13(19-12)18-8-10-4-2-3-5-11(10)15/h2-7,9,16H,8H2,1H3,(H,18,19). The topological polar surface area (TPSA) is 54.2 Å². The zero-order chi connectivity index (χ0) is 13.9. The molecule has 0 bridgehead atoms. The van der Waals surface area contributed by atoms with Gasteiger partial charge in [0.05, 0.1) is 6.20 Å². The molecule has 2 heterocycles. The van der Waals surface area contributed by atoms with Crippen LogP contribution in [0.2, 0.25) is 5.02 Å². The number of fused-ring (bicyclic) bond motifs is 1. The maximum Gasteiger partial charge on any atom is 0.180 e. The molecule has 0 atom stereocenters. The molecule has 0 unspecified atom stereocenters. The van der Waals surface area contributed by atoms with Crippen LogP contribution in [0.4, 0.5) is 11.6 Å². The van der Waals surface area contributed by atoms with Crippen molar-refractivity contribution in [2.75, 3.05) is 17.7 Å². The lowest BCUT2D eigenvalue weighted by Gasteiger charge is -2.10. The first-order valence-corrected chi connectivity index (χ1v) is 6.64. The van der Waals surface area contributed by atoms with Gasteiger partial charge in [0.25, 0.3) is 0 Å². The first-order valence-electron chi connectivity index (χ1n) is 6.26. The van der Waals surface area contributed by atoms with Crippen molar-refractivity contribution in [3.63, 3.8) is 0 Å². The number of nitrogens with one attached hydrogen (secondary N) is 2. The van der Waals surface area contributed by atoms with E-state index in [-0.39, 0.29) is 0 Å². The molecule has 102 valence electrons. The number of aromatic nitrogens is 3. The number of nitrogens with zero attached hydrogens (tertiary/aromatic N) is 3. The second kappa shape index (κ2) is 5.38. The molecule has 3 aromatic rings. The summed E-state index contributed by atoms with van der Waals surface area (Å²) in [5.41, 5.74) is 1.81. The molecule has 6 heteroatoms. The summed E-state index contributed by atoms with van der Waals surface area (Å²) in [4.78, 5) is 8.79. The molecule has 20 heavy (non-hydrogen) atoms. The van der Waals surface area contributed by atoms with Crippen molar-refractivity contribution in [1.29, 1.82) is 0 Å². The summed E-state index contributed by atoms with van der Waals surface area (Å²) in [7, 11) is 1.84. The van der Waals surface area contributed by atoms with Crippen molar-refractivity contribution >= 4 is 28.9 Å². The Morgan fingerprint density at radius 2 is 2.15 bits per heavy atom. The molecule has 0 radical (unpaired) electrons. The quantitative estimate of drug-likeness (QED) is 0.774. The minimum absolute atomic E-state index is 0.600. The summed E-state index contributed by atoms with van der Waals surface area (Å²) >= 11 is 6.15. The Bertz CT molecular complexity index is 737. The number of rotatable bonds is 4. The summed E-state index contributed by atoms with van der Waals surface area (Å²) in [5.74, 6) is 1.50. The van der Waals surface area contributed by atoms with Gasteiger partial charge in [-0.3, -0.25) is 0 Å². The molecule has 0 fully saturated rings. The zero-order valence-corrected chi connectivity index (χ0v) is 11.7. The van der Waals surface area contributed by atoms with Crippen LogP contribution in [0.5, 0.6) is 0 Å². The van der Waals surface area contributed by atoms with E-state index >= 15 is 0 Å². The second-order valence-corrected chi connectivity index (χ2v) is 4.74. The van der Waals surface area contributed by atoms with Crippen LogP contribution in [-0.4, -0.2) is 21.4 Å². The summed E-state index contributed by atoms with van der Waals surface area (Å²) in [5, 5.41) is 7.06.